The Hall–Kier alpha value is -1.56. The molecule has 0 aromatic heterocycles. The van der Waals surface area contributed by atoms with Gasteiger partial charge in [0.25, 0.3) is 5.91 Å². The molecule has 5 nitrogen and oxygen atoms in total. The second-order valence-electron chi connectivity index (χ2n) is 3.72. The van der Waals surface area contributed by atoms with E-state index in [-0.39, 0.29) is 5.91 Å². The van der Waals surface area contributed by atoms with Crippen LogP contribution in [0.15, 0.2) is 22.7 Å². The van der Waals surface area contributed by atoms with E-state index in [0.717, 1.165) is 0 Å². The SMILES string of the molecule is CCNC(=O)C(C)OC(=O)c1cc(N)cc(Br)c1. The van der Waals surface area contributed by atoms with Gasteiger partial charge < -0.3 is 15.8 Å². The summed E-state index contributed by atoms with van der Waals surface area (Å²) in [6, 6.07) is 4.75. The molecule has 3 N–H and O–H groups in total. The molecule has 1 rings (SSSR count). The van der Waals surface area contributed by atoms with Gasteiger partial charge >= 0.3 is 5.97 Å². The lowest BCUT2D eigenvalue weighted by atomic mass is 10.2. The molecule has 0 aliphatic heterocycles. The van der Waals surface area contributed by atoms with Crippen LogP contribution in [0.25, 0.3) is 0 Å². The lowest BCUT2D eigenvalue weighted by Crippen LogP contribution is -2.35. The van der Waals surface area contributed by atoms with E-state index in [1.165, 1.54) is 13.0 Å². The van der Waals surface area contributed by atoms with Crippen LogP contribution in [0.1, 0.15) is 24.2 Å². The molecule has 0 radical (unpaired) electrons. The Labute approximate surface area is 114 Å². The number of nitrogens with one attached hydrogen (secondary N) is 1. The number of amides is 1. The first-order valence-electron chi connectivity index (χ1n) is 5.48. The molecular weight excluding hydrogens is 300 g/mol. The maximum Gasteiger partial charge on any atom is 0.339 e. The number of carbonyl (C=O) groups excluding carboxylic acids is 2. The molecule has 6 heteroatoms. The van der Waals surface area contributed by atoms with Crippen molar-refractivity contribution in [3.8, 4) is 0 Å². The fourth-order valence-corrected chi connectivity index (χ4v) is 1.84. The lowest BCUT2D eigenvalue weighted by Gasteiger charge is -2.13. The first-order chi connectivity index (χ1) is 8.43. The van der Waals surface area contributed by atoms with Gasteiger partial charge in [-0.3, -0.25) is 4.79 Å². The molecule has 0 bridgehead atoms. The average molecular weight is 315 g/mol. The van der Waals surface area contributed by atoms with Crippen LogP contribution < -0.4 is 11.1 Å². The average Bonchev–Trinajstić information content (AvgIpc) is 2.27. The molecule has 0 saturated carbocycles. The Balaban J connectivity index is 2.73. The minimum absolute atomic E-state index is 0.304. The van der Waals surface area contributed by atoms with Gasteiger partial charge in [0.15, 0.2) is 6.10 Å². The molecule has 1 aromatic carbocycles. The number of hydrogen-bond donors (Lipinski definition) is 2. The Morgan fingerprint density at radius 1 is 1.44 bits per heavy atom. The van der Waals surface area contributed by atoms with Gasteiger partial charge in [-0.1, -0.05) is 15.9 Å². The second kappa shape index (κ2) is 6.39. The summed E-state index contributed by atoms with van der Waals surface area (Å²) in [6.45, 7) is 3.80. The highest BCUT2D eigenvalue weighted by atomic mass is 79.9. The third kappa shape index (κ3) is 4.03. The Bertz CT molecular complexity index is 442. The number of nitrogen functional groups attached to an aromatic ring is 1. The zero-order chi connectivity index (χ0) is 13.7. The maximum atomic E-state index is 11.8. The van der Waals surface area contributed by atoms with Crippen molar-refractivity contribution >= 4 is 33.5 Å². The minimum Gasteiger partial charge on any atom is -0.449 e. The van der Waals surface area contributed by atoms with E-state index < -0.39 is 12.1 Å². The number of anilines is 1. The van der Waals surface area contributed by atoms with Crippen LogP contribution in [0.5, 0.6) is 0 Å². The van der Waals surface area contributed by atoms with Crippen LogP contribution in [0, 0.1) is 0 Å². The van der Waals surface area contributed by atoms with E-state index in [1.54, 1.807) is 19.1 Å². The standard InChI is InChI=1S/C12H15BrN2O3/c1-3-15-11(16)7(2)18-12(17)8-4-9(13)6-10(14)5-8/h4-7H,3,14H2,1-2H3,(H,15,16). The smallest absolute Gasteiger partial charge is 0.339 e. The molecule has 0 aliphatic carbocycles. The molecule has 1 unspecified atom stereocenters. The zero-order valence-electron chi connectivity index (χ0n) is 10.2. The first-order valence-corrected chi connectivity index (χ1v) is 6.28. The van der Waals surface area contributed by atoms with E-state index in [0.29, 0.717) is 22.3 Å². The second-order valence-corrected chi connectivity index (χ2v) is 4.63. The number of hydrogen-bond acceptors (Lipinski definition) is 4. The topological polar surface area (TPSA) is 81.4 Å². The summed E-state index contributed by atoms with van der Waals surface area (Å²) in [4.78, 5) is 23.2. The summed E-state index contributed by atoms with van der Waals surface area (Å²) < 4.78 is 5.71. The molecule has 1 aromatic rings. The van der Waals surface area contributed by atoms with Crippen molar-refractivity contribution in [1.82, 2.24) is 5.32 Å². The van der Waals surface area contributed by atoms with Gasteiger partial charge in [0.1, 0.15) is 0 Å². The van der Waals surface area contributed by atoms with Gasteiger partial charge in [-0.2, -0.15) is 0 Å². The van der Waals surface area contributed by atoms with Crippen molar-refractivity contribution in [1.29, 1.82) is 0 Å². The summed E-state index contributed by atoms with van der Waals surface area (Å²) in [5.74, 6) is -0.907. The monoisotopic (exact) mass is 314 g/mol. The molecule has 98 valence electrons. The molecule has 1 atom stereocenters. The molecule has 18 heavy (non-hydrogen) atoms. The van der Waals surface area contributed by atoms with Gasteiger partial charge in [-0.25, -0.2) is 4.79 Å². The fraction of sp³-hybridized carbons (Fsp3) is 0.333. The van der Waals surface area contributed by atoms with Crippen molar-refractivity contribution < 1.29 is 14.3 Å². The highest BCUT2D eigenvalue weighted by Gasteiger charge is 2.18. The van der Waals surface area contributed by atoms with Crippen LogP contribution in [-0.4, -0.2) is 24.5 Å². The summed E-state index contributed by atoms with van der Waals surface area (Å²) in [5, 5.41) is 2.57. The van der Waals surface area contributed by atoms with Crippen LogP contribution >= 0.6 is 15.9 Å². The molecule has 0 aliphatic rings. The van der Waals surface area contributed by atoms with E-state index in [4.69, 9.17) is 10.5 Å². The van der Waals surface area contributed by atoms with Crippen LogP contribution in [-0.2, 0) is 9.53 Å². The lowest BCUT2D eigenvalue weighted by molar-refractivity contribution is -0.128. The first kappa shape index (κ1) is 14.5. The van der Waals surface area contributed by atoms with Crippen molar-refractivity contribution in [3.63, 3.8) is 0 Å². The predicted molar refractivity (Wildman–Crippen MR) is 72.1 cm³/mol. The molecule has 0 fully saturated rings. The number of nitrogens with two attached hydrogens (primary N) is 1. The van der Waals surface area contributed by atoms with Crippen molar-refractivity contribution in [3.05, 3.63) is 28.2 Å². The summed E-state index contributed by atoms with van der Waals surface area (Å²) in [6.07, 6.45) is -0.836. The number of likely N-dealkylation sites (N-methyl/N-ethyl adjacent to an activating group) is 1. The van der Waals surface area contributed by atoms with Gasteiger partial charge in [0, 0.05) is 16.7 Å². The summed E-state index contributed by atoms with van der Waals surface area (Å²) in [7, 11) is 0. The minimum atomic E-state index is -0.836. The summed E-state index contributed by atoms with van der Waals surface area (Å²) in [5.41, 5.74) is 6.37. The molecular formula is C12H15BrN2O3. The summed E-state index contributed by atoms with van der Waals surface area (Å²) >= 11 is 3.23. The van der Waals surface area contributed by atoms with Crippen LogP contribution in [0.2, 0.25) is 0 Å². The Kier molecular flexibility index (Phi) is 5.15. The van der Waals surface area contributed by atoms with Gasteiger partial charge in [-0.15, -0.1) is 0 Å². The predicted octanol–water partition coefficient (Wildman–Crippen LogP) is 1.71. The van der Waals surface area contributed by atoms with E-state index in [9.17, 15) is 9.59 Å². The largest absolute Gasteiger partial charge is 0.449 e. The third-order valence-electron chi connectivity index (χ3n) is 2.16. The quantitative estimate of drug-likeness (QED) is 0.655. The van der Waals surface area contributed by atoms with Crippen molar-refractivity contribution in [2.45, 2.75) is 20.0 Å². The highest BCUT2D eigenvalue weighted by Crippen LogP contribution is 2.18. The molecule has 1 amide bonds. The van der Waals surface area contributed by atoms with Gasteiger partial charge in [-0.05, 0) is 32.0 Å². The number of halogens is 1. The Morgan fingerprint density at radius 2 is 2.11 bits per heavy atom. The van der Waals surface area contributed by atoms with Crippen molar-refractivity contribution in [2.24, 2.45) is 0 Å². The molecule has 0 spiro atoms. The number of ether oxygens (including phenoxy) is 1. The maximum absolute atomic E-state index is 11.8. The third-order valence-corrected chi connectivity index (χ3v) is 2.62. The van der Waals surface area contributed by atoms with E-state index in [2.05, 4.69) is 21.2 Å². The van der Waals surface area contributed by atoms with Crippen molar-refractivity contribution in [2.75, 3.05) is 12.3 Å². The van der Waals surface area contributed by atoms with Crippen LogP contribution in [0.4, 0.5) is 5.69 Å². The molecule has 0 saturated heterocycles. The highest BCUT2D eigenvalue weighted by molar-refractivity contribution is 9.10. The van der Waals surface area contributed by atoms with Gasteiger partial charge in [0.2, 0.25) is 0 Å². The Morgan fingerprint density at radius 3 is 2.67 bits per heavy atom. The zero-order valence-corrected chi connectivity index (χ0v) is 11.8. The normalized spacial score (nSPS) is 11.7. The molecule has 0 heterocycles. The van der Waals surface area contributed by atoms with E-state index in [1.807, 2.05) is 0 Å². The number of benzene rings is 1. The fourth-order valence-electron chi connectivity index (χ4n) is 1.33. The number of esters is 1. The van der Waals surface area contributed by atoms with Crippen LogP contribution in [0.3, 0.4) is 0 Å². The van der Waals surface area contributed by atoms with E-state index >= 15 is 0 Å². The van der Waals surface area contributed by atoms with Gasteiger partial charge in [0.05, 0.1) is 5.56 Å². The number of carbonyl (C=O) groups is 2. The number of rotatable bonds is 4.